The summed E-state index contributed by atoms with van der Waals surface area (Å²) in [6.45, 7) is 2.81. The number of benzene rings is 1. The van der Waals surface area contributed by atoms with Crippen LogP contribution in [0.1, 0.15) is 28.5 Å². The molecule has 0 aliphatic heterocycles. The molecule has 0 aliphatic rings. The first-order valence-electron chi connectivity index (χ1n) is 6.25. The second-order valence-electron chi connectivity index (χ2n) is 4.42. The highest BCUT2D eigenvalue weighted by atomic mass is 16.1. The van der Waals surface area contributed by atoms with Crippen LogP contribution in [0, 0.1) is 0 Å². The number of hydrogen-bond acceptors (Lipinski definition) is 3. The molecule has 0 aliphatic carbocycles. The van der Waals surface area contributed by atoms with E-state index in [2.05, 4.69) is 17.3 Å². The van der Waals surface area contributed by atoms with E-state index in [1.54, 1.807) is 12.1 Å². The van der Waals surface area contributed by atoms with Crippen LogP contribution in [0.5, 0.6) is 0 Å². The summed E-state index contributed by atoms with van der Waals surface area (Å²) in [6, 6.07) is 7.13. The van der Waals surface area contributed by atoms with Crippen LogP contribution in [0.2, 0.25) is 0 Å². The number of nitrogens with zero attached hydrogens (tertiary/aromatic N) is 2. The summed E-state index contributed by atoms with van der Waals surface area (Å²) in [5.74, 6) is -0.410. The Morgan fingerprint density at radius 3 is 2.63 bits per heavy atom. The second kappa shape index (κ2) is 5.56. The topological polar surface area (TPSA) is 72.9 Å². The average Bonchev–Trinajstić information content (AvgIpc) is 2.77. The van der Waals surface area contributed by atoms with E-state index in [1.807, 2.05) is 30.1 Å². The molecule has 3 N–H and O–H groups in total. The summed E-state index contributed by atoms with van der Waals surface area (Å²) >= 11 is 0. The van der Waals surface area contributed by atoms with Crippen LogP contribution >= 0.6 is 0 Å². The van der Waals surface area contributed by atoms with Crippen molar-refractivity contribution in [3.63, 3.8) is 0 Å². The number of aromatic nitrogens is 2. The summed E-state index contributed by atoms with van der Waals surface area (Å²) in [5.41, 5.74) is 8.95. The highest BCUT2D eigenvalue weighted by molar-refractivity contribution is 5.93. The zero-order chi connectivity index (χ0) is 13.8. The minimum absolute atomic E-state index is 0.410. The average molecular weight is 258 g/mol. The molecule has 0 bridgehead atoms. The Balaban J connectivity index is 2.03. The third kappa shape index (κ3) is 3.13. The maximum absolute atomic E-state index is 11.0. The van der Waals surface area contributed by atoms with Crippen molar-refractivity contribution in [1.29, 1.82) is 0 Å². The van der Waals surface area contributed by atoms with Gasteiger partial charge in [0.2, 0.25) is 5.91 Å². The van der Waals surface area contributed by atoms with Gasteiger partial charge in [-0.3, -0.25) is 9.48 Å². The van der Waals surface area contributed by atoms with Crippen LogP contribution in [0.15, 0.2) is 30.5 Å². The third-order valence-corrected chi connectivity index (χ3v) is 2.98. The molecule has 5 heteroatoms. The van der Waals surface area contributed by atoms with Crippen LogP contribution in [-0.2, 0) is 20.0 Å². The Morgan fingerprint density at radius 2 is 2.05 bits per heavy atom. The fourth-order valence-electron chi connectivity index (χ4n) is 1.98. The molecule has 0 spiro atoms. The first-order chi connectivity index (χ1) is 9.10. The molecule has 0 atom stereocenters. The van der Waals surface area contributed by atoms with Gasteiger partial charge in [0.1, 0.15) is 0 Å². The lowest BCUT2D eigenvalue weighted by atomic mass is 10.2. The number of carbonyl (C=O) groups is 1. The summed E-state index contributed by atoms with van der Waals surface area (Å²) in [7, 11) is 1.92. The number of rotatable bonds is 5. The van der Waals surface area contributed by atoms with Crippen molar-refractivity contribution in [1.82, 2.24) is 9.78 Å². The van der Waals surface area contributed by atoms with E-state index >= 15 is 0 Å². The minimum atomic E-state index is -0.410. The van der Waals surface area contributed by atoms with E-state index in [4.69, 9.17) is 5.73 Å². The van der Waals surface area contributed by atoms with Gasteiger partial charge in [-0.1, -0.05) is 6.92 Å². The zero-order valence-corrected chi connectivity index (χ0v) is 11.2. The molecule has 0 saturated heterocycles. The smallest absolute Gasteiger partial charge is 0.248 e. The molecule has 1 aromatic carbocycles. The lowest BCUT2D eigenvalue weighted by Crippen LogP contribution is -2.10. The van der Waals surface area contributed by atoms with Gasteiger partial charge in [0.05, 0.1) is 5.69 Å². The predicted octanol–water partition coefficient (Wildman–Crippen LogP) is 1.69. The van der Waals surface area contributed by atoms with Crippen molar-refractivity contribution in [3.05, 3.63) is 47.3 Å². The molecule has 0 radical (unpaired) electrons. The number of primary amides is 1. The molecule has 0 saturated carbocycles. The molecule has 19 heavy (non-hydrogen) atoms. The quantitative estimate of drug-likeness (QED) is 0.857. The first kappa shape index (κ1) is 13.1. The number of nitrogens with one attached hydrogen (secondary N) is 1. The first-order valence-corrected chi connectivity index (χ1v) is 6.25. The summed E-state index contributed by atoms with van der Waals surface area (Å²) in [5, 5.41) is 7.70. The monoisotopic (exact) mass is 258 g/mol. The van der Waals surface area contributed by atoms with E-state index in [1.165, 1.54) is 5.56 Å². The molecule has 5 nitrogen and oxygen atoms in total. The van der Waals surface area contributed by atoms with Gasteiger partial charge in [-0.05, 0) is 30.7 Å². The zero-order valence-electron chi connectivity index (χ0n) is 11.2. The lowest BCUT2D eigenvalue weighted by molar-refractivity contribution is 0.100. The van der Waals surface area contributed by atoms with Gasteiger partial charge in [-0.15, -0.1) is 0 Å². The number of aryl methyl sites for hydroxylation is 2. The molecule has 1 heterocycles. The second-order valence-corrected chi connectivity index (χ2v) is 4.42. The SMILES string of the molecule is CCc1nn(C)cc1CNc1ccc(C(N)=O)cc1. The fraction of sp³-hybridized carbons (Fsp3) is 0.286. The number of hydrogen-bond donors (Lipinski definition) is 2. The van der Waals surface area contributed by atoms with Gasteiger partial charge in [0.25, 0.3) is 0 Å². The molecular weight excluding hydrogens is 240 g/mol. The molecular formula is C14H18N4O. The third-order valence-electron chi connectivity index (χ3n) is 2.98. The van der Waals surface area contributed by atoms with Crippen molar-refractivity contribution in [3.8, 4) is 0 Å². The van der Waals surface area contributed by atoms with E-state index in [0.717, 1.165) is 17.8 Å². The van der Waals surface area contributed by atoms with Crippen LogP contribution in [0.4, 0.5) is 5.69 Å². The van der Waals surface area contributed by atoms with Crippen LogP contribution < -0.4 is 11.1 Å². The Hall–Kier alpha value is -2.30. The maximum atomic E-state index is 11.0. The van der Waals surface area contributed by atoms with Crippen molar-refractivity contribution < 1.29 is 4.79 Å². The van der Waals surface area contributed by atoms with Crippen molar-refractivity contribution in [2.45, 2.75) is 19.9 Å². The Morgan fingerprint density at radius 1 is 1.37 bits per heavy atom. The van der Waals surface area contributed by atoms with Gasteiger partial charge in [-0.25, -0.2) is 0 Å². The normalized spacial score (nSPS) is 10.4. The standard InChI is InChI=1S/C14H18N4O/c1-3-13-11(9-18(2)17-13)8-16-12-6-4-10(5-7-12)14(15)19/h4-7,9,16H,3,8H2,1-2H3,(H2,15,19). The van der Waals surface area contributed by atoms with Crippen LogP contribution in [-0.4, -0.2) is 15.7 Å². The van der Waals surface area contributed by atoms with Gasteiger partial charge in [0.15, 0.2) is 0 Å². The Labute approximate surface area is 112 Å². The largest absolute Gasteiger partial charge is 0.381 e. The van der Waals surface area contributed by atoms with Crippen molar-refractivity contribution in [2.24, 2.45) is 12.8 Å². The van der Waals surface area contributed by atoms with Gasteiger partial charge in [-0.2, -0.15) is 5.10 Å². The fourth-order valence-corrected chi connectivity index (χ4v) is 1.98. The molecule has 0 unspecified atom stereocenters. The molecule has 1 aromatic heterocycles. The number of anilines is 1. The highest BCUT2D eigenvalue weighted by Gasteiger charge is 2.05. The summed E-state index contributed by atoms with van der Waals surface area (Å²) < 4.78 is 1.83. The molecule has 0 fully saturated rings. The van der Waals surface area contributed by atoms with E-state index in [9.17, 15) is 4.79 Å². The molecule has 1 amide bonds. The number of amides is 1. The Bertz CT molecular complexity index is 572. The number of nitrogens with two attached hydrogens (primary N) is 1. The molecule has 2 aromatic rings. The van der Waals surface area contributed by atoms with Gasteiger partial charge >= 0.3 is 0 Å². The van der Waals surface area contributed by atoms with Crippen LogP contribution in [0.3, 0.4) is 0 Å². The van der Waals surface area contributed by atoms with Crippen molar-refractivity contribution in [2.75, 3.05) is 5.32 Å². The summed E-state index contributed by atoms with van der Waals surface area (Å²) in [4.78, 5) is 11.0. The highest BCUT2D eigenvalue weighted by Crippen LogP contribution is 2.13. The lowest BCUT2D eigenvalue weighted by Gasteiger charge is -2.06. The van der Waals surface area contributed by atoms with E-state index < -0.39 is 5.91 Å². The van der Waals surface area contributed by atoms with Crippen molar-refractivity contribution >= 4 is 11.6 Å². The summed E-state index contributed by atoms with van der Waals surface area (Å²) in [6.07, 6.45) is 2.93. The Kier molecular flexibility index (Phi) is 3.85. The number of carbonyl (C=O) groups excluding carboxylic acids is 1. The molecule has 2 rings (SSSR count). The van der Waals surface area contributed by atoms with Crippen LogP contribution in [0.25, 0.3) is 0 Å². The minimum Gasteiger partial charge on any atom is -0.381 e. The van der Waals surface area contributed by atoms with E-state index in [-0.39, 0.29) is 0 Å². The van der Waals surface area contributed by atoms with Gasteiger partial charge < -0.3 is 11.1 Å². The maximum Gasteiger partial charge on any atom is 0.248 e. The van der Waals surface area contributed by atoms with E-state index in [0.29, 0.717) is 12.1 Å². The van der Waals surface area contributed by atoms with Gasteiger partial charge in [0, 0.05) is 36.6 Å². The predicted molar refractivity (Wildman–Crippen MR) is 74.9 cm³/mol. The molecule has 100 valence electrons.